The highest BCUT2D eigenvalue weighted by atomic mass is 32.2. The zero-order valence-electron chi connectivity index (χ0n) is 18.5. The number of piperazine rings is 1. The number of carbonyl (C=O) groups excluding carboxylic acids is 2. The summed E-state index contributed by atoms with van der Waals surface area (Å²) < 4.78 is 0. The number of carbonyl (C=O) groups is 2. The largest absolute Gasteiger partial charge is 0.349 e. The van der Waals surface area contributed by atoms with Crippen molar-refractivity contribution in [2.75, 3.05) is 37.6 Å². The second-order valence-corrected chi connectivity index (χ2v) is 10.1. The lowest BCUT2D eigenvalue weighted by Crippen LogP contribution is -2.52. The highest BCUT2D eigenvalue weighted by Gasteiger charge is 2.57. The van der Waals surface area contributed by atoms with Crippen molar-refractivity contribution >= 4 is 29.3 Å². The zero-order valence-corrected chi connectivity index (χ0v) is 19.4. The molecule has 32 heavy (non-hydrogen) atoms. The van der Waals surface area contributed by atoms with Crippen LogP contribution >= 0.6 is 11.8 Å². The van der Waals surface area contributed by atoms with Crippen molar-refractivity contribution in [1.29, 1.82) is 0 Å². The van der Waals surface area contributed by atoms with E-state index in [2.05, 4.69) is 40.2 Å². The number of rotatable bonds is 6. The third kappa shape index (κ3) is 3.83. The van der Waals surface area contributed by atoms with E-state index < -0.39 is 4.87 Å². The molecule has 0 saturated carbocycles. The van der Waals surface area contributed by atoms with Crippen molar-refractivity contribution in [1.82, 2.24) is 15.1 Å². The number of amides is 2. The summed E-state index contributed by atoms with van der Waals surface area (Å²) >= 11 is 1.52. The van der Waals surface area contributed by atoms with Gasteiger partial charge >= 0.3 is 0 Å². The van der Waals surface area contributed by atoms with Crippen LogP contribution in [0.1, 0.15) is 30.9 Å². The molecule has 1 atom stereocenters. The highest BCUT2D eigenvalue weighted by Crippen LogP contribution is 2.55. The summed E-state index contributed by atoms with van der Waals surface area (Å²) in [5, 5.41) is 3.17. The van der Waals surface area contributed by atoms with E-state index in [-0.39, 0.29) is 11.8 Å². The lowest BCUT2D eigenvalue weighted by molar-refractivity contribution is -0.124. The molecular formula is C25H30N4O2S. The molecule has 0 bridgehead atoms. The summed E-state index contributed by atoms with van der Waals surface area (Å²) in [7, 11) is 0. The Bertz CT molecular complexity index is 1020. The van der Waals surface area contributed by atoms with Crippen molar-refractivity contribution in [3.63, 3.8) is 0 Å². The Labute approximate surface area is 193 Å². The first-order chi connectivity index (χ1) is 15.6. The monoisotopic (exact) mass is 450 g/mol. The molecule has 168 valence electrons. The minimum atomic E-state index is -0.855. The van der Waals surface area contributed by atoms with Crippen LogP contribution in [0.25, 0.3) is 0 Å². The molecule has 0 radical (unpaired) electrons. The molecule has 7 heteroatoms. The van der Waals surface area contributed by atoms with Crippen LogP contribution in [0.5, 0.6) is 0 Å². The molecular weight excluding hydrogens is 420 g/mol. The molecule has 2 aromatic rings. The van der Waals surface area contributed by atoms with Gasteiger partial charge in [0.1, 0.15) is 0 Å². The average Bonchev–Trinajstić information content (AvgIpc) is 3.34. The topological polar surface area (TPSA) is 55.9 Å². The maximum Gasteiger partial charge on any atom is 0.257 e. The van der Waals surface area contributed by atoms with Gasteiger partial charge in [0.05, 0.1) is 5.69 Å². The predicted molar refractivity (Wildman–Crippen MR) is 127 cm³/mol. The van der Waals surface area contributed by atoms with Crippen LogP contribution in [0.15, 0.2) is 53.4 Å². The van der Waals surface area contributed by atoms with Crippen LogP contribution in [0.2, 0.25) is 0 Å². The summed E-state index contributed by atoms with van der Waals surface area (Å²) in [5.74, 6) is -0.0415. The minimum Gasteiger partial charge on any atom is -0.349 e. The van der Waals surface area contributed by atoms with Crippen LogP contribution < -0.4 is 10.2 Å². The summed E-state index contributed by atoms with van der Waals surface area (Å²) in [6.45, 7) is 9.07. The first-order valence-corrected chi connectivity index (χ1v) is 12.3. The number of nitrogens with one attached hydrogen (secondary N) is 1. The van der Waals surface area contributed by atoms with E-state index in [4.69, 9.17) is 0 Å². The first kappa shape index (κ1) is 21.5. The predicted octanol–water partition coefficient (Wildman–Crippen LogP) is 3.07. The van der Waals surface area contributed by atoms with Gasteiger partial charge in [-0.2, -0.15) is 0 Å². The second-order valence-electron chi connectivity index (χ2n) is 8.75. The number of thioether (sulfide) groups is 1. The van der Waals surface area contributed by atoms with E-state index >= 15 is 0 Å². The Morgan fingerprint density at radius 2 is 1.69 bits per heavy atom. The summed E-state index contributed by atoms with van der Waals surface area (Å²) in [4.78, 5) is 33.0. The van der Waals surface area contributed by atoms with Gasteiger partial charge in [-0.15, -0.1) is 0 Å². The quantitative estimate of drug-likeness (QED) is 0.733. The van der Waals surface area contributed by atoms with Gasteiger partial charge in [-0.05, 0) is 36.2 Å². The van der Waals surface area contributed by atoms with Gasteiger partial charge in [-0.1, -0.05) is 55.1 Å². The maximum absolute atomic E-state index is 13.5. The Morgan fingerprint density at radius 3 is 2.47 bits per heavy atom. The molecule has 1 unspecified atom stereocenters. The van der Waals surface area contributed by atoms with E-state index in [0.29, 0.717) is 19.4 Å². The summed E-state index contributed by atoms with van der Waals surface area (Å²) in [5.41, 5.74) is 3.27. The number of fused-ring (bicyclic) bond motifs is 3. The fourth-order valence-corrected chi connectivity index (χ4v) is 6.44. The molecule has 3 aliphatic heterocycles. The van der Waals surface area contributed by atoms with E-state index in [1.807, 2.05) is 30.3 Å². The smallest absolute Gasteiger partial charge is 0.257 e. The van der Waals surface area contributed by atoms with E-state index in [1.54, 1.807) is 4.90 Å². The number of nitrogens with zero attached hydrogens (tertiary/aromatic N) is 3. The van der Waals surface area contributed by atoms with Gasteiger partial charge in [0, 0.05) is 50.6 Å². The molecule has 2 amide bonds. The molecule has 3 heterocycles. The number of hydrogen-bond donors (Lipinski definition) is 1. The zero-order chi connectivity index (χ0) is 22.1. The molecule has 5 rings (SSSR count). The fourth-order valence-electron chi connectivity index (χ4n) is 5.00. The van der Waals surface area contributed by atoms with Crippen LogP contribution in [0.4, 0.5) is 5.69 Å². The summed E-state index contributed by atoms with van der Waals surface area (Å²) in [6.07, 6.45) is 0.954. The van der Waals surface area contributed by atoms with Gasteiger partial charge < -0.3 is 10.2 Å². The average molecular weight is 451 g/mol. The standard InChI is InChI=1S/C25H30N4O2S/c1-2-27-13-15-28(16-14-27)18-20-8-4-3-7-19(20)17-26-24(31)25-12-11-23(30)29(25)21-9-5-6-10-22(21)32-25/h3-10H,2,11-18H2,1H3,(H,26,31). The van der Waals surface area contributed by atoms with Crippen molar-refractivity contribution in [2.24, 2.45) is 0 Å². The minimum absolute atomic E-state index is 0.0317. The fraction of sp³-hybridized carbons (Fsp3) is 0.440. The third-order valence-electron chi connectivity index (χ3n) is 6.89. The molecule has 2 fully saturated rings. The lowest BCUT2D eigenvalue weighted by atomic mass is 10.1. The van der Waals surface area contributed by atoms with Gasteiger partial charge in [-0.25, -0.2) is 0 Å². The third-order valence-corrected chi connectivity index (χ3v) is 8.37. The maximum atomic E-state index is 13.5. The molecule has 6 nitrogen and oxygen atoms in total. The Morgan fingerprint density at radius 1 is 1.00 bits per heavy atom. The molecule has 0 aliphatic carbocycles. The number of hydrogen-bond acceptors (Lipinski definition) is 5. The van der Waals surface area contributed by atoms with Crippen LogP contribution in [0.3, 0.4) is 0 Å². The number of benzene rings is 2. The molecule has 0 spiro atoms. The van der Waals surface area contributed by atoms with E-state index in [1.165, 1.54) is 17.3 Å². The molecule has 2 aromatic carbocycles. The number of para-hydroxylation sites is 1. The normalized spacial score (nSPS) is 23.3. The van der Waals surface area contributed by atoms with E-state index in [9.17, 15) is 9.59 Å². The number of anilines is 1. The Kier molecular flexibility index (Phi) is 5.97. The van der Waals surface area contributed by atoms with Crippen LogP contribution in [-0.2, 0) is 22.7 Å². The lowest BCUT2D eigenvalue weighted by Gasteiger charge is -2.34. The Hall–Kier alpha value is -2.35. The first-order valence-electron chi connectivity index (χ1n) is 11.5. The second kappa shape index (κ2) is 8.89. The molecule has 0 aromatic heterocycles. The molecule has 1 N–H and O–H groups in total. The van der Waals surface area contributed by atoms with Crippen molar-refractivity contribution in [2.45, 2.75) is 42.6 Å². The Balaban J connectivity index is 1.28. The van der Waals surface area contributed by atoms with E-state index in [0.717, 1.165) is 55.4 Å². The van der Waals surface area contributed by atoms with Crippen molar-refractivity contribution in [3.8, 4) is 0 Å². The molecule has 3 aliphatic rings. The number of likely N-dealkylation sites (N-methyl/N-ethyl adjacent to an activating group) is 1. The van der Waals surface area contributed by atoms with Crippen molar-refractivity contribution in [3.05, 3.63) is 59.7 Å². The van der Waals surface area contributed by atoms with Gasteiger partial charge in [-0.3, -0.25) is 19.4 Å². The van der Waals surface area contributed by atoms with Crippen LogP contribution in [-0.4, -0.2) is 59.2 Å². The van der Waals surface area contributed by atoms with Crippen LogP contribution in [0, 0.1) is 0 Å². The summed E-state index contributed by atoms with van der Waals surface area (Å²) in [6, 6.07) is 16.2. The SMILES string of the molecule is CCN1CCN(Cc2ccccc2CNC(=O)C23CCC(=O)N2c2ccccc2S3)CC1. The van der Waals surface area contributed by atoms with Gasteiger partial charge in [0.2, 0.25) is 5.91 Å². The highest BCUT2D eigenvalue weighted by molar-refractivity contribution is 8.02. The van der Waals surface area contributed by atoms with Gasteiger partial charge in [0.15, 0.2) is 4.87 Å². The van der Waals surface area contributed by atoms with Crippen molar-refractivity contribution < 1.29 is 9.59 Å². The molecule has 2 saturated heterocycles. The van der Waals surface area contributed by atoms with Gasteiger partial charge in [0.25, 0.3) is 5.91 Å².